The van der Waals surface area contributed by atoms with Crippen molar-refractivity contribution in [3.8, 4) is 11.5 Å². The van der Waals surface area contributed by atoms with Gasteiger partial charge in [0.25, 0.3) is 0 Å². The number of methoxy groups -OCH3 is 2. The van der Waals surface area contributed by atoms with Crippen LogP contribution in [0.25, 0.3) is 0 Å². The lowest BCUT2D eigenvalue weighted by Gasteiger charge is -2.37. The Balaban J connectivity index is 1.67. The van der Waals surface area contributed by atoms with Gasteiger partial charge in [0, 0.05) is 37.4 Å². The maximum Gasteiger partial charge on any atom is 0.242 e. The molecule has 2 atom stereocenters. The zero-order valence-corrected chi connectivity index (χ0v) is 20.2. The van der Waals surface area contributed by atoms with Crippen LogP contribution in [0, 0.1) is 0 Å². The van der Waals surface area contributed by atoms with Crippen LogP contribution in [-0.2, 0) is 22.6 Å². The maximum atomic E-state index is 13.7. The summed E-state index contributed by atoms with van der Waals surface area (Å²) in [5.74, 6) is 0.894. The molecule has 4 rings (SSSR count). The Hall–Kier alpha value is -3.45. The van der Waals surface area contributed by atoms with Crippen molar-refractivity contribution in [1.82, 2.24) is 14.8 Å². The number of fused-ring (bicyclic) bond motifs is 1. The summed E-state index contributed by atoms with van der Waals surface area (Å²) in [7, 11) is 4.75. The van der Waals surface area contributed by atoms with Crippen LogP contribution < -0.4 is 14.8 Å². The number of amides is 2. The number of nitrogens with one attached hydrogen (secondary N) is 1. The molecule has 0 saturated carbocycles. The molecular weight excluding hydrogens is 454 g/mol. The Morgan fingerprint density at radius 2 is 1.68 bits per heavy atom. The van der Waals surface area contributed by atoms with E-state index in [-0.39, 0.29) is 24.3 Å². The van der Waals surface area contributed by atoms with Gasteiger partial charge in [-0.05, 0) is 53.1 Å². The number of rotatable bonds is 7. The van der Waals surface area contributed by atoms with Gasteiger partial charge in [0.1, 0.15) is 6.04 Å². The predicted octanol–water partition coefficient (Wildman–Crippen LogP) is 3.84. The fourth-order valence-electron chi connectivity index (χ4n) is 4.49. The molecule has 8 heteroatoms. The minimum atomic E-state index is -0.612. The number of carbonyl (C=O) groups is 2. The number of ether oxygens (including phenoxy) is 2. The third-order valence-electron chi connectivity index (χ3n) is 6.32. The molecule has 2 aromatic carbocycles. The van der Waals surface area contributed by atoms with Gasteiger partial charge in [-0.2, -0.15) is 0 Å². The van der Waals surface area contributed by atoms with Crippen LogP contribution in [0.5, 0.6) is 11.5 Å². The van der Waals surface area contributed by atoms with E-state index < -0.39 is 6.04 Å². The molecule has 0 saturated heterocycles. The normalized spacial score (nSPS) is 15.9. The van der Waals surface area contributed by atoms with Crippen molar-refractivity contribution in [1.29, 1.82) is 0 Å². The zero-order chi connectivity index (χ0) is 24.2. The van der Waals surface area contributed by atoms with Crippen molar-refractivity contribution >= 4 is 23.4 Å². The lowest BCUT2D eigenvalue weighted by molar-refractivity contribution is -0.142. The molecule has 0 fully saturated rings. The second-order valence-electron chi connectivity index (χ2n) is 8.23. The largest absolute Gasteiger partial charge is 0.493 e. The van der Waals surface area contributed by atoms with Gasteiger partial charge in [0.2, 0.25) is 11.8 Å². The van der Waals surface area contributed by atoms with Gasteiger partial charge < -0.3 is 24.3 Å². The molecule has 1 N–H and O–H groups in total. The van der Waals surface area contributed by atoms with Crippen LogP contribution in [0.1, 0.15) is 29.2 Å². The Labute approximate surface area is 204 Å². The highest BCUT2D eigenvalue weighted by molar-refractivity contribution is 6.30. The summed E-state index contributed by atoms with van der Waals surface area (Å²) in [5.41, 5.74) is 2.87. The Kier molecular flexibility index (Phi) is 7.12. The number of aromatic nitrogens is 1. The standard InChI is InChI=1S/C26H28ClN3O4/c1-28-26(32)22-12-18-13-23(33-2)24(34-3)14-19(18)16-30(22)25(31)15-21(29-10-4-5-11-29)17-6-8-20(27)9-7-17/h4-11,13-14,21-22H,12,15-16H2,1-3H3,(H,28,32)/t21-,22+/m1/s1. The summed E-state index contributed by atoms with van der Waals surface area (Å²) in [6.45, 7) is 0.311. The van der Waals surface area contributed by atoms with Crippen molar-refractivity contribution in [2.75, 3.05) is 21.3 Å². The Morgan fingerprint density at radius 1 is 1.06 bits per heavy atom. The van der Waals surface area contributed by atoms with Crippen LogP contribution in [0.4, 0.5) is 0 Å². The topological polar surface area (TPSA) is 72.8 Å². The van der Waals surface area contributed by atoms with E-state index in [1.165, 1.54) is 0 Å². The first kappa shape index (κ1) is 23.7. The van der Waals surface area contributed by atoms with Crippen LogP contribution in [0.3, 0.4) is 0 Å². The summed E-state index contributed by atoms with van der Waals surface area (Å²) >= 11 is 6.09. The Bertz CT molecular complexity index is 1160. The van der Waals surface area contributed by atoms with Gasteiger partial charge in [0.15, 0.2) is 11.5 Å². The Morgan fingerprint density at radius 3 is 2.26 bits per heavy atom. The number of nitrogens with zero attached hydrogens (tertiary/aromatic N) is 2. The molecule has 3 aromatic rings. The summed E-state index contributed by atoms with van der Waals surface area (Å²) in [4.78, 5) is 28.2. The van der Waals surface area contributed by atoms with E-state index in [1.54, 1.807) is 26.2 Å². The van der Waals surface area contributed by atoms with Gasteiger partial charge >= 0.3 is 0 Å². The van der Waals surface area contributed by atoms with Crippen molar-refractivity contribution in [2.45, 2.75) is 31.5 Å². The highest BCUT2D eigenvalue weighted by atomic mass is 35.5. The monoisotopic (exact) mass is 481 g/mol. The SMILES string of the molecule is CNC(=O)[C@@H]1Cc2cc(OC)c(OC)cc2CN1C(=O)C[C@H](c1ccc(Cl)cc1)n1cccc1. The smallest absolute Gasteiger partial charge is 0.242 e. The number of benzene rings is 2. The molecule has 178 valence electrons. The second kappa shape index (κ2) is 10.2. The van der Waals surface area contributed by atoms with Gasteiger partial charge in [-0.1, -0.05) is 23.7 Å². The maximum absolute atomic E-state index is 13.7. The minimum Gasteiger partial charge on any atom is -0.493 e. The van der Waals surface area contributed by atoms with Crippen molar-refractivity contribution in [3.05, 3.63) is 82.6 Å². The second-order valence-corrected chi connectivity index (χ2v) is 8.67. The number of halogens is 1. The van der Waals surface area contributed by atoms with E-state index in [2.05, 4.69) is 5.32 Å². The van der Waals surface area contributed by atoms with E-state index in [4.69, 9.17) is 21.1 Å². The van der Waals surface area contributed by atoms with Crippen molar-refractivity contribution in [2.24, 2.45) is 0 Å². The van der Waals surface area contributed by atoms with Crippen LogP contribution >= 0.6 is 11.6 Å². The molecule has 1 aliphatic rings. The minimum absolute atomic E-state index is 0.109. The van der Waals surface area contributed by atoms with Crippen molar-refractivity contribution < 1.29 is 19.1 Å². The molecule has 2 amide bonds. The number of carbonyl (C=O) groups excluding carboxylic acids is 2. The number of hydrogen-bond donors (Lipinski definition) is 1. The van der Waals surface area contributed by atoms with E-state index >= 15 is 0 Å². The molecule has 0 aliphatic carbocycles. The molecule has 7 nitrogen and oxygen atoms in total. The van der Waals surface area contributed by atoms with E-state index in [1.807, 2.05) is 65.5 Å². The van der Waals surface area contributed by atoms with E-state index in [0.717, 1.165) is 16.7 Å². The highest BCUT2D eigenvalue weighted by Gasteiger charge is 2.36. The molecule has 0 bridgehead atoms. The van der Waals surface area contributed by atoms with Gasteiger partial charge in [-0.3, -0.25) is 9.59 Å². The average molecular weight is 482 g/mol. The summed E-state index contributed by atoms with van der Waals surface area (Å²) in [6.07, 6.45) is 4.47. The molecule has 0 spiro atoms. The number of likely N-dealkylation sites (N-methyl/N-ethyl adjacent to an activating group) is 1. The first-order chi connectivity index (χ1) is 16.4. The van der Waals surface area contributed by atoms with Crippen LogP contribution in [0.15, 0.2) is 60.9 Å². The quantitative estimate of drug-likeness (QED) is 0.556. The van der Waals surface area contributed by atoms with Gasteiger partial charge in [-0.15, -0.1) is 0 Å². The molecule has 2 heterocycles. The van der Waals surface area contributed by atoms with Crippen LogP contribution in [-0.4, -0.2) is 48.6 Å². The first-order valence-electron chi connectivity index (χ1n) is 11.1. The van der Waals surface area contributed by atoms with Crippen molar-refractivity contribution in [3.63, 3.8) is 0 Å². The zero-order valence-electron chi connectivity index (χ0n) is 19.5. The molecule has 1 aromatic heterocycles. The highest BCUT2D eigenvalue weighted by Crippen LogP contribution is 2.35. The number of hydrogen-bond acceptors (Lipinski definition) is 4. The van der Waals surface area contributed by atoms with Gasteiger partial charge in [0.05, 0.1) is 26.7 Å². The average Bonchev–Trinajstić information content (AvgIpc) is 3.40. The fourth-order valence-corrected chi connectivity index (χ4v) is 4.62. The molecule has 0 radical (unpaired) electrons. The van der Waals surface area contributed by atoms with E-state index in [0.29, 0.717) is 29.5 Å². The summed E-state index contributed by atoms with van der Waals surface area (Å²) < 4.78 is 12.9. The lowest BCUT2D eigenvalue weighted by Crippen LogP contribution is -2.52. The molecule has 0 unspecified atom stereocenters. The molecule has 34 heavy (non-hydrogen) atoms. The summed E-state index contributed by atoms with van der Waals surface area (Å²) in [6, 6.07) is 14.3. The van der Waals surface area contributed by atoms with E-state index in [9.17, 15) is 9.59 Å². The third-order valence-corrected chi connectivity index (χ3v) is 6.57. The summed E-state index contributed by atoms with van der Waals surface area (Å²) in [5, 5.41) is 3.35. The molecular formula is C26H28ClN3O4. The first-order valence-corrected chi connectivity index (χ1v) is 11.5. The van der Waals surface area contributed by atoms with Gasteiger partial charge in [-0.25, -0.2) is 0 Å². The van der Waals surface area contributed by atoms with Crippen LogP contribution in [0.2, 0.25) is 5.02 Å². The predicted molar refractivity (Wildman–Crippen MR) is 130 cm³/mol. The fraction of sp³-hybridized carbons (Fsp3) is 0.308. The molecule has 1 aliphatic heterocycles. The lowest BCUT2D eigenvalue weighted by atomic mass is 9.91. The third kappa shape index (κ3) is 4.75.